The minimum Gasteiger partial charge on any atom is -0.255 e. The number of nitrogens with one attached hydrogen (secondary N) is 1. The molecule has 1 aromatic carbocycles. The number of hydrogen-bond acceptors (Lipinski definition) is 4. The van der Waals surface area contributed by atoms with E-state index in [1.165, 1.54) is 16.2 Å². The van der Waals surface area contributed by atoms with Crippen LogP contribution in [0.2, 0.25) is 5.02 Å². The number of hydrogen-bond donors (Lipinski definition) is 1. The van der Waals surface area contributed by atoms with E-state index in [2.05, 4.69) is 16.6 Å². The average Bonchev–Trinajstić information content (AvgIpc) is 2.83. The maximum Gasteiger partial charge on any atom is 0.263 e. The first kappa shape index (κ1) is 16.7. The highest BCUT2D eigenvalue weighted by molar-refractivity contribution is 7.93. The van der Waals surface area contributed by atoms with Gasteiger partial charge in [0.15, 0.2) is 5.13 Å². The van der Waals surface area contributed by atoms with Crippen molar-refractivity contribution < 1.29 is 8.42 Å². The third kappa shape index (κ3) is 3.39. The molecular weight excluding hydrogens is 352 g/mol. The number of aromatic nitrogens is 1. The van der Waals surface area contributed by atoms with E-state index in [1.807, 2.05) is 0 Å². The monoisotopic (exact) mass is 370 g/mol. The van der Waals surface area contributed by atoms with Crippen LogP contribution in [0, 0.1) is 19.8 Å². The van der Waals surface area contributed by atoms with Crippen LogP contribution in [-0.2, 0) is 22.9 Å². The zero-order chi connectivity index (χ0) is 16.8. The molecule has 0 radical (unpaired) electrons. The van der Waals surface area contributed by atoms with Crippen molar-refractivity contribution in [2.45, 2.75) is 44.9 Å². The van der Waals surface area contributed by atoms with Gasteiger partial charge in [-0.15, -0.1) is 11.3 Å². The van der Waals surface area contributed by atoms with Gasteiger partial charge in [-0.25, -0.2) is 13.4 Å². The lowest BCUT2D eigenvalue weighted by molar-refractivity contribution is 0.502. The summed E-state index contributed by atoms with van der Waals surface area (Å²) in [5.41, 5.74) is 2.41. The van der Waals surface area contributed by atoms with Gasteiger partial charge < -0.3 is 0 Å². The second-order valence-corrected chi connectivity index (χ2v) is 9.35. The number of halogens is 1. The Morgan fingerprint density at radius 2 is 2.04 bits per heavy atom. The number of aryl methyl sites for hydroxylation is 3. The molecule has 0 saturated carbocycles. The molecule has 4 nitrogen and oxygen atoms in total. The minimum absolute atomic E-state index is 0.251. The Balaban J connectivity index is 1.92. The second kappa shape index (κ2) is 6.07. The zero-order valence-corrected chi connectivity index (χ0v) is 15.7. The molecule has 7 heteroatoms. The Bertz CT molecular complexity index is 859. The Labute approximate surface area is 146 Å². The molecule has 0 bridgehead atoms. The molecule has 1 heterocycles. The SMILES string of the molecule is Cc1cc(S(=O)(=O)Nc2nc3c(s2)CC(C)CC3)c(C)cc1Cl. The lowest BCUT2D eigenvalue weighted by atomic mass is 9.93. The van der Waals surface area contributed by atoms with E-state index in [0.717, 1.165) is 30.5 Å². The zero-order valence-electron chi connectivity index (χ0n) is 13.3. The number of anilines is 1. The molecule has 2 aromatic rings. The molecule has 3 rings (SSSR count). The van der Waals surface area contributed by atoms with Crippen LogP contribution >= 0.6 is 22.9 Å². The highest BCUT2D eigenvalue weighted by atomic mass is 35.5. The highest BCUT2D eigenvalue weighted by Crippen LogP contribution is 2.33. The van der Waals surface area contributed by atoms with Gasteiger partial charge in [-0.3, -0.25) is 4.72 Å². The largest absolute Gasteiger partial charge is 0.263 e. The topological polar surface area (TPSA) is 59.1 Å². The maximum atomic E-state index is 12.7. The smallest absolute Gasteiger partial charge is 0.255 e. The Morgan fingerprint density at radius 1 is 1.30 bits per heavy atom. The summed E-state index contributed by atoms with van der Waals surface area (Å²) >= 11 is 7.50. The Kier molecular flexibility index (Phi) is 4.42. The van der Waals surface area contributed by atoms with Crippen LogP contribution in [0.3, 0.4) is 0 Å². The van der Waals surface area contributed by atoms with E-state index in [-0.39, 0.29) is 4.90 Å². The minimum atomic E-state index is -3.66. The lowest BCUT2D eigenvalue weighted by Crippen LogP contribution is -2.14. The van der Waals surface area contributed by atoms with Crippen molar-refractivity contribution in [2.75, 3.05) is 4.72 Å². The van der Waals surface area contributed by atoms with Gasteiger partial charge in [0.25, 0.3) is 10.0 Å². The predicted octanol–water partition coefficient (Wildman–Crippen LogP) is 4.34. The van der Waals surface area contributed by atoms with Crippen LogP contribution in [0.25, 0.3) is 0 Å². The lowest BCUT2D eigenvalue weighted by Gasteiger charge is -2.15. The molecule has 1 aliphatic carbocycles. The molecule has 1 unspecified atom stereocenters. The average molecular weight is 371 g/mol. The molecule has 0 spiro atoms. The molecule has 0 fully saturated rings. The van der Waals surface area contributed by atoms with E-state index in [4.69, 9.17) is 11.6 Å². The van der Waals surface area contributed by atoms with Crippen molar-refractivity contribution in [2.24, 2.45) is 5.92 Å². The van der Waals surface area contributed by atoms with Gasteiger partial charge in [-0.2, -0.15) is 0 Å². The fourth-order valence-corrected chi connectivity index (χ4v) is 5.73. The summed E-state index contributed by atoms with van der Waals surface area (Å²) in [7, 11) is -3.66. The van der Waals surface area contributed by atoms with Crippen LogP contribution in [0.5, 0.6) is 0 Å². The van der Waals surface area contributed by atoms with Crippen molar-refractivity contribution in [3.8, 4) is 0 Å². The van der Waals surface area contributed by atoms with E-state index < -0.39 is 10.0 Å². The van der Waals surface area contributed by atoms with Crippen molar-refractivity contribution in [3.05, 3.63) is 38.9 Å². The highest BCUT2D eigenvalue weighted by Gasteiger charge is 2.24. The predicted molar refractivity (Wildman–Crippen MR) is 95.0 cm³/mol. The van der Waals surface area contributed by atoms with E-state index >= 15 is 0 Å². The summed E-state index contributed by atoms with van der Waals surface area (Å²) in [5, 5.41) is 1.02. The van der Waals surface area contributed by atoms with Gasteiger partial charge in [-0.05, 0) is 62.3 Å². The van der Waals surface area contributed by atoms with Crippen LogP contribution in [0.15, 0.2) is 17.0 Å². The Hall–Kier alpha value is -1.11. The second-order valence-electron chi connectivity index (χ2n) is 6.21. The molecule has 0 amide bonds. The summed E-state index contributed by atoms with van der Waals surface area (Å²) in [6.07, 6.45) is 3.01. The van der Waals surface area contributed by atoms with Gasteiger partial charge in [0, 0.05) is 9.90 Å². The molecule has 0 aliphatic heterocycles. The molecule has 23 heavy (non-hydrogen) atoms. The first-order valence-electron chi connectivity index (χ1n) is 7.54. The molecular formula is C16H19ClN2O2S2. The fourth-order valence-electron chi connectivity index (χ4n) is 2.80. The number of sulfonamides is 1. The maximum absolute atomic E-state index is 12.7. The van der Waals surface area contributed by atoms with Gasteiger partial charge in [0.2, 0.25) is 0 Å². The molecule has 124 valence electrons. The van der Waals surface area contributed by atoms with Gasteiger partial charge in [0.1, 0.15) is 0 Å². The van der Waals surface area contributed by atoms with Gasteiger partial charge in [-0.1, -0.05) is 18.5 Å². The molecule has 1 aliphatic rings. The van der Waals surface area contributed by atoms with Crippen LogP contribution in [0.4, 0.5) is 5.13 Å². The molecule has 1 N–H and O–H groups in total. The number of thiazole rings is 1. The summed E-state index contributed by atoms with van der Waals surface area (Å²) in [6.45, 7) is 5.76. The van der Waals surface area contributed by atoms with E-state index in [1.54, 1.807) is 26.0 Å². The molecule has 1 aromatic heterocycles. The number of nitrogens with zero attached hydrogens (tertiary/aromatic N) is 1. The first-order valence-corrected chi connectivity index (χ1v) is 10.2. The summed E-state index contributed by atoms with van der Waals surface area (Å²) in [4.78, 5) is 5.92. The summed E-state index contributed by atoms with van der Waals surface area (Å²) < 4.78 is 28.0. The first-order chi connectivity index (χ1) is 10.8. The number of fused-ring (bicyclic) bond motifs is 1. The fraction of sp³-hybridized carbons (Fsp3) is 0.438. The van der Waals surface area contributed by atoms with Gasteiger partial charge >= 0.3 is 0 Å². The molecule has 0 saturated heterocycles. The standard InChI is InChI=1S/C16H19ClN2O2S2/c1-9-4-5-13-14(6-9)22-16(18-13)19-23(20,21)15-8-10(2)12(17)7-11(15)3/h7-9H,4-6H2,1-3H3,(H,18,19). The van der Waals surface area contributed by atoms with Crippen molar-refractivity contribution in [3.63, 3.8) is 0 Å². The van der Waals surface area contributed by atoms with Crippen molar-refractivity contribution in [1.29, 1.82) is 0 Å². The van der Waals surface area contributed by atoms with Crippen LogP contribution in [-0.4, -0.2) is 13.4 Å². The Morgan fingerprint density at radius 3 is 2.78 bits per heavy atom. The normalized spacial score (nSPS) is 17.8. The number of rotatable bonds is 3. The van der Waals surface area contributed by atoms with Gasteiger partial charge in [0.05, 0.1) is 10.6 Å². The quantitative estimate of drug-likeness (QED) is 0.874. The van der Waals surface area contributed by atoms with E-state index in [0.29, 0.717) is 21.6 Å². The third-order valence-electron chi connectivity index (χ3n) is 4.15. The molecule has 1 atom stereocenters. The van der Waals surface area contributed by atoms with E-state index in [9.17, 15) is 8.42 Å². The summed E-state index contributed by atoms with van der Waals surface area (Å²) in [6, 6.07) is 3.29. The summed E-state index contributed by atoms with van der Waals surface area (Å²) in [5.74, 6) is 0.633. The van der Waals surface area contributed by atoms with Crippen LogP contribution < -0.4 is 4.72 Å². The third-order valence-corrected chi connectivity index (χ3v) is 7.21. The number of benzene rings is 1. The van der Waals surface area contributed by atoms with Crippen molar-refractivity contribution in [1.82, 2.24) is 4.98 Å². The van der Waals surface area contributed by atoms with Crippen LogP contribution in [0.1, 0.15) is 35.0 Å². The van der Waals surface area contributed by atoms with Crippen molar-refractivity contribution >= 4 is 38.1 Å².